The number of thiophene rings is 2. The minimum absolute atomic E-state index is 0.228. The van der Waals surface area contributed by atoms with Crippen LogP contribution in [-0.4, -0.2) is 54.0 Å². The summed E-state index contributed by atoms with van der Waals surface area (Å²) in [4.78, 5) is 11.5. The van der Waals surface area contributed by atoms with Crippen LogP contribution in [0.2, 0.25) is 0 Å². The molecule has 0 radical (unpaired) electrons. The fraction of sp³-hybridized carbons (Fsp3) is 0.243. The van der Waals surface area contributed by atoms with E-state index in [4.69, 9.17) is 10.2 Å². The van der Waals surface area contributed by atoms with Crippen LogP contribution < -0.4 is 10.6 Å². The molecule has 0 aliphatic carbocycles. The number of nitrogens with one attached hydrogen (secondary N) is 2. The summed E-state index contributed by atoms with van der Waals surface area (Å²) in [6, 6.07) is 29.2. The number of hydrogen-bond donors (Lipinski definition) is 3. The number of aryl methyl sites for hydroxylation is 1. The van der Waals surface area contributed by atoms with Gasteiger partial charge in [0, 0.05) is 29.1 Å². The minimum Gasteiger partial charge on any atom is -0.396 e. The Balaban J connectivity index is 0.000000152. The summed E-state index contributed by atoms with van der Waals surface area (Å²) in [5.41, 5.74) is 4.82. The first kappa shape index (κ1) is 31.7. The molecule has 0 spiro atoms. The molecule has 3 N–H and O–H groups in total. The molecule has 2 aromatic carbocycles. The zero-order valence-corrected chi connectivity index (χ0v) is 28.9. The number of aromatic nitrogens is 6. The van der Waals surface area contributed by atoms with Gasteiger partial charge < -0.3 is 15.7 Å². The van der Waals surface area contributed by atoms with Crippen LogP contribution in [0.4, 0.5) is 11.6 Å². The average Bonchev–Trinajstić information content (AvgIpc) is 3.88. The summed E-state index contributed by atoms with van der Waals surface area (Å²) < 4.78 is 6.40. The number of imidazole rings is 2. The minimum atomic E-state index is 0.228. The van der Waals surface area contributed by atoms with Gasteiger partial charge in [0.2, 0.25) is 0 Å². The predicted octanol–water partition coefficient (Wildman–Crippen LogP) is 8.78. The first-order valence-corrected chi connectivity index (χ1v) is 17.9. The third-order valence-electron chi connectivity index (χ3n) is 7.93. The summed E-state index contributed by atoms with van der Waals surface area (Å²) in [6.07, 6.45) is 3.60. The maximum atomic E-state index is 8.84. The van der Waals surface area contributed by atoms with Crippen LogP contribution in [0.1, 0.15) is 32.4 Å². The molecule has 0 aliphatic rings. The lowest BCUT2D eigenvalue weighted by Crippen LogP contribution is -2.10. The molecule has 9 nitrogen and oxygen atoms in total. The number of hydrogen-bond acceptors (Lipinski definition) is 9. The maximum Gasteiger partial charge on any atom is 0.154 e. The van der Waals surface area contributed by atoms with E-state index in [-0.39, 0.29) is 6.61 Å². The molecule has 8 aromatic rings. The average molecular weight is 675 g/mol. The van der Waals surface area contributed by atoms with E-state index in [0.717, 1.165) is 70.8 Å². The molecule has 0 saturated carbocycles. The Hall–Kier alpha value is -4.84. The van der Waals surface area contributed by atoms with Crippen molar-refractivity contribution in [3.8, 4) is 21.1 Å². The van der Waals surface area contributed by atoms with Crippen LogP contribution in [0, 0.1) is 12.8 Å². The molecule has 0 fully saturated rings. The summed E-state index contributed by atoms with van der Waals surface area (Å²) in [5, 5.41) is 27.5. The van der Waals surface area contributed by atoms with E-state index in [2.05, 4.69) is 107 Å². The van der Waals surface area contributed by atoms with Crippen LogP contribution in [0.3, 0.4) is 0 Å². The zero-order valence-electron chi connectivity index (χ0n) is 27.2. The molecule has 0 amide bonds. The monoisotopic (exact) mass is 674 g/mol. The van der Waals surface area contributed by atoms with Gasteiger partial charge in [-0.05, 0) is 85.0 Å². The van der Waals surface area contributed by atoms with Crippen LogP contribution >= 0.6 is 22.7 Å². The topological polar surface area (TPSA) is 105 Å². The quantitative estimate of drug-likeness (QED) is 0.125. The smallest absolute Gasteiger partial charge is 0.154 e. The molecule has 0 unspecified atom stereocenters. The summed E-state index contributed by atoms with van der Waals surface area (Å²) in [5.74, 6) is 2.28. The molecular formula is C37H38N8OS2. The van der Waals surface area contributed by atoms with Crippen LogP contribution in [-0.2, 0) is 0 Å². The number of benzene rings is 2. The first-order chi connectivity index (χ1) is 23.5. The van der Waals surface area contributed by atoms with E-state index in [1.165, 1.54) is 25.0 Å². The number of unbranched alkanes of at least 4 members (excludes halogenated alkanes) is 1. The highest BCUT2D eigenvalue weighted by atomic mass is 32.1. The number of nitrogens with zero attached hydrogens (tertiary/aromatic N) is 6. The Morgan fingerprint density at radius 2 is 1.40 bits per heavy atom. The van der Waals surface area contributed by atoms with Crippen molar-refractivity contribution in [3.05, 3.63) is 96.8 Å². The van der Waals surface area contributed by atoms with E-state index in [0.29, 0.717) is 5.92 Å². The van der Waals surface area contributed by atoms with E-state index < -0.39 is 0 Å². The lowest BCUT2D eigenvalue weighted by atomic mass is 10.2. The number of aliphatic hydroxyl groups excluding tert-OH is 1. The SMILES string of the molecule is Cc1nc2ccc(NCC(C)C)nn2c1-c1cc2ccccc2s1.OCCCCNc1ccc2ncc(-c3cc4ccccc4s3)n2n1. The van der Waals surface area contributed by atoms with Crippen molar-refractivity contribution in [2.45, 2.75) is 33.6 Å². The van der Waals surface area contributed by atoms with Crippen molar-refractivity contribution < 1.29 is 5.11 Å². The number of fused-ring (bicyclic) bond motifs is 4. The number of rotatable bonds is 10. The molecular weight excluding hydrogens is 637 g/mol. The Bertz CT molecular complexity index is 2250. The highest BCUT2D eigenvalue weighted by molar-refractivity contribution is 7.22. The molecule has 8 rings (SSSR count). The molecule has 0 bridgehead atoms. The molecule has 48 heavy (non-hydrogen) atoms. The summed E-state index contributed by atoms with van der Waals surface area (Å²) >= 11 is 3.54. The van der Waals surface area contributed by atoms with Crippen LogP contribution in [0.25, 0.3) is 52.6 Å². The van der Waals surface area contributed by atoms with Crippen molar-refractivity contribution in [2.24, 2.45) is 5.92 Å². The van der Waals surface area contributed by atoms with Gasteiger partial charge in [0.25, 0.3) is 0 Å². The highest BCUT2D eigenvalue weighted by Gasteiger charge is 2.16. The molecule has 0 saturated heterocycles. The molecule has 244 valence electrons. The summed E-state index contributed by atoms with van der Waals surface area (Å²) in [7, 11) is 0. The van der Waals surface area contributed by atoms with Crippen molar-refractivity contribution in [1.29, 1.82) is 0 Å². The van der Waals surface area contributed by atoms with Gasteiger partial charge in [0.05, 0.1) is 21.6 Å². The Morgan fingerprint density at radius 3 is 2.10 bits per heavy atom. The fourth-order valence-electron chi connectivity index (χ4n) is 5.52. The fourth-order valence-corrected chi connectivity index (χ4v) is 7.73. The molecule has 11 heteroatoms. The first-order valence-electron chi connectivity index (χ1n) is 16.2. The van der Waals surface area contributed by atoms with E-state index in [9.17, 15) is 0 Å². The Labute approximate surface area is 286 Å². The van der Waals surface area contributed by atoms with Gasteiger partial charge in [-0.2, -0.15) is 0 Å². The Morgan fingerprint density at radius 1 is 0.750 bits per heavy atom. The zero-order chi connectivity index (χ0) is 33.0. The van der Waals surface area contributed by atoms with Gasteiger partial charge in [-0.15, -0.1) is 32.9 Å². The molecule has 0 atom stereocenters. The lowest BCUT2D eigenvalue weighted by Gasteiger charge is -2.08. The van der Waals surface area contributed by atoms with E-state index >= 15 is 0 Å². The number of anilines is 2. The summed E-state index contributed by atoms with van der Waals surface area (Å²) in [6.45, 7) is 8.36. The van der Waals surface area contributed by atoms with Crippen molar-refractivity contribution >= 4 is 65.8 Å². The standard InChI is InChI=1S/C19H20N4S.C18H18N4OS/c1-12(2)11-20-17-8-9-18-21-13(3)19(23(18)22-17)16-10-14-6-4-5-7-15(14)24-16;23-10-4-3-9-19-17-7-8-18-20-12-14(22(18)21-17)16-11-13-5-1-2-6-15(13)24-16/h4-10,12H,11H2,1-3H3,(H,20,22);1-2,5-8,11-12,23H,3-4,9-10H2,(H,19,21). The maximum absolute atomic E-state index is 8.84. The highest BCUT2D eigenvalue weighted by Crippen LogP contribution is 2.36. The van der Waals surface area contributed by atoms with Gasteiger partial charge >= 0.3 is 0 Å². The van der Waals surface area contributed by atoms with Gasteiger partial charge in [0.15, 0.2) is 11.3 Å². The molecule has 0 aliphatic heterocycles. The van der Waals surface area contributed by atoms with Gasteiger partial charge in [-0.25, -0.2) is 19.0 Å². The second-order valence-electron chi connectivity index (χ2n) is 12.1. The lowest BCUT2D eigenvalue weighted by molar-refractivity contribution is 0.286. The predicted molar refractivity (Wildman–Crippen MR) is 200 cm³/mol. The second kappa shape index (κ2) is 14.1. The largest absolute Gasteiger partial charge is 0.396 e. The van der Waals surface area contributed by atoms with E-state index in [1.54, 1.807) is 22.7 Å². The Kier molecular flexibility index (Phi) is 9.33. The third-order valence-corrected chi connectivity index (χ3v) is 10.2. The third kappa shape index (κ3) is 6.75. The van der Waals surface area contributed by atoms with Gasteiger partial charge in [0.1, 0.15) is 23.0 Å². The van der Waals surface area contributed by atoms with Crippen molar-refractivity contribution in [1.82, 2.24) is 29.2 Å². The van der Waals surface area contributed by atoms with Crippen molar-refractivity contribution in [2.75, 3.05) is 30.3 Å². The number of aliphatic hydroxyl groups is 1. The van der Waals surface area contributed by atoms with Crippen LogP contribution in [0.15, 0.2) is 91.1 Å². The van der Waals surface area contributed by atoms with E-state index in [1.807, 2.05) is 39.5 Å². The second-order valence-corrected chi connectivity index (χ2v) is 14.3. The van der Waals surface area contributed by atoms with Crippen LogP contribution in [0.5, 0.6) is 0 Å². The van der Waals surface area contributed by atoms with Gasteiger partial charge in [-0.3, -0.25) is 0 Å². The normalized spacial score (nSPS) is 11.5. The molecule has 6 aromatic heterocycles. The van der Waals surface area contributed by atoms with Crippen molar-refractivity contribution in [3.63, 3.8) is 0 Å². The van der Waals surface area contributed by atoms with Gasteiger partial charge in [-0.1, -0.05) is 50.2 Å². The molecule has 6 heterocycles.